The molecule has 2 rings (SSSR count). The first-order valence-electron chi connectivity index (χ1n) is 5.83. The van der Waals surface area contributed by atoms with E-state index in [1.54, 1.807) is 24.4 Å². The van der Waals surface area contributed by atoms with Gasteiger partial charge in [-0.05, 0) is 31.0 Å². The summed E-state index contributed by atoms with van der Waals surface area (Å²) < 4.78 is 27.1. The summed E-state index contributed by atoms with van der Waals surface area (Å²) in [6.45, 7) is 3.56. The van der Waals surface area contributed by atoms with Crippen molar-refractivity contribution in [1.82, 2.24) is 9.71 Å². The lowest BCUT2D eigenvalue weighted by Crippen LogP contribution is -2.25. The van der Waals surface area contributed by atoms with Crippen LogP contribution in [0.4, 0.5) is 5.69 Å². The summed E-state index contributed by atoms with van der Waals surface area (Å²) in [6.07, 6.45) is 0. The van der Waals surface area contributed by atoms with E-state index in [1.165, 1.54) is 0 Å². The minimum absolute atomic E-state index is 0.0217. The van der Waals surface area contributed by atoms with Gasteiger partial charge in [0.05, 0.1) is 12.2 Å². The van der Waals surface area contributed by atoms with Crippen LogP contribution in [0.1, 0.15) is 16.8 Å². The fraction of sp³-hybridized carbons (Fsp3) is 0.250. The van der Waals surface area contributed by atoms with Crippen LogP contribution < -0.4 is 15.3 Å². The van der Waals surface area contributed by atoms with Gasteiger partial charge in [0.1, 0.15) is 4.90 Å². The molecule has 0 radical (unpaired) electrons. The lowest BCUT2D eigenvalue weighted by atomic mass is 10.1. The van der Waals surface area contributed by atoms with E-state index in [0.29, 0.717) is 11.3 Å². The molecule has 0 aliphatic carbocycles. The first-order chi connectivity index (χ1) is 9.31. The van der Waals surface area contributed by atoms with Crippen LogP contribution in [-0.2, 0) is 16.6 Å². The van der Waals surface area contributed by atoms with Crippen molar-refractivity contribution in [3.63, 3.8) is 0 Å². The lowest BCUT2D eigenvalue weighted by Gasteiger charge is -2.13. The summed E-state index contributed by atoms with van der Waals surface area (Å²) in [5, 5.41) is 1.58. The summed E-state index contributed by atoms with van der Waals surface area (Å²) in [6, 6.07) is 3.35. The molecule has 1 heterocycles. The topological polar surface area (TPSA) is 105 Å². The molecule has 6 nitrogen and oxygen atoms in total. The number of thiazole rings is 1. The SMILES string of the molecule is Cc1ccc(N)c(S(=O)(=O)NCc2csc(=O)[nH]2)c1C. The van der Waals surface area contributed by atoms with Gasteiger partial charge in [-0.1, -0.05) is 17.4 Å². The Morgan fingerprint density at radius 2 is 2.05 bits per heavy atom. The third-order valence-corrected chi connectivity index (χ3v) is 5.32. The second kappa shape index (κ2) is 5.39. The molecule has 0 aliphatic heterocycles. The second-order valence-corrected chi connectivity index (χ2v) is 6.97. The number of rotatable bonds is 4. The van der Waals surface area contributed by atoms with E-state index in [1.807, 2.05) is 6.92 Å². The average molecular weight is 313 g/mol. The van der Waals surface area contributed by atoms with Crippen LogP contribution in [0.15, 0.2) is 27.2 Å². The molecule has 1 aromatic heterocycles. The molecular formula is C12H15N3O3S2. The summed E-state index contributed by atoms with van der Waals surface area (Å²) >= 11 is 0.989. The molecule has 108 valence electrons. The van der Waals surface area contributed by atoms with Crippen molar-refractivity contribution >= 4 is 27.0 Å². The zero-order valence-corrected chi connectivity index (χ0v) is 12.7. The number of nitrogens with two attached hydrogens (primary N) is 1. The van der Waals surface area contributed by atoms with Crippen molar-refractivity contribution in [2.45, 2.75) is 25.3 Å². The Morgan fingerprint density at radius 3 is 2.65 bits per heavy atom. The van der Waals surface area contributed by atoms with Gasteiger partial charge in [0.2, 0.25) is 10.0 Å². The molecule has 1 aromatic carbocycles. The van der Waals surface area contributed by atoms with Crippen molar-refractivity contribution in [2.75, 3.05) is 5.73 Å². The maximum atomic E-state index is 12.3. The van der Waals surface area contributed by atoms with Crippen LogP contribution in [0.25, 0.3) is 0 Å². The van der Waals surface area contributed by atoms with Gasteiger partial charge in [-0.3, -0.25) is 4.79 Å². The van der Waals surface area contributed by atoms with E-state index in [0.717, 1.165) is 16.9 Å². The van der Waals surface area contributed by atoms with Crippen LogP contribution in [0, 0.1) is 13.8 Å². The summed E-state index contributed by atoms with van der Waals surface area (Å²) in [5.74, 6) is 0. The third kappa shape index (κ3) is 2.92. The summed E-state index contributed by atoms with van der Waals surface area (Å²) in [7, 11) is -3.73. The fourth-order valence-corrected chi connectivity index (χ4v) is 3.83. The first-order valence-corrected chi connectivity index (χ1v) is 8.19. The van der Waals surface area contributed by atoms with Crippen molar-refractivity contribution < 1.29 is 8.42 Å². The number of H-pyrrole nitrogens is 1. The predicted octanol–water partition coefficient (Wildman–Crippen LogP) is 1.11. The van der Waals surface area contributed by atoms with Gasteiger partial charge in [-0.15, -0.1) is 0 Å². The van der Waals surface area contributed by atoms with Crippen LogP contribution in [0.2, 0.25) is 0 Å². The van der Waals surface area contributed by atoms with Crippen molar-refractivity contribution in [3.05, 3.63) is 44.0 Å². The normalized spacial score (nSPS) is 11.7. The Morgan fingerprint density at radius 1 is 1.35 bits per heavy atom. The first kappa shape index (κ1) is 14.8. The molecule has 0 saturated heterocycles. The Labute approximate surface area is 120 Å². The molecule has 0 fully saturated rings. The monoisotopic (exact) mass is 313 g/mol. The van der Waals surface area contributed by atoms with Crippen molar-refractivity contribution in [3.8, 4) is 0 Å². The molecule has 2 aromatic rings. The minimum Gasteiger partial charge on any atom is -0.398 e. The number of hydrogen-bond acceptors (Lipinski definition) is 5. The standard InChI is InChI=1S/C12H15N3O3S2/c1-7-3-4-10(13)11(8(7)2)20(17,18)14-5-9-6-19-12(16)15-9/h3-4,6,14H,5,13H2,1-2H3,(H,15,16). The number of anilines is 1. The molecular weight excluding hydrogens is 298 g/mol. The van der Waals surface area contributed by atoms with Gasteiger partial charge < -0.3 is 10.7 Å². The fourth-order valence-electron chi connectivity index (χ4n) is 1.81. The molecule has 0 aliphatic rings. The molecule has 0 saturated carbocycles. The maximum Gasteiger partial charge on any atom is 0.304 e. The third-order valence-electron chi connectivity index (χ3n) is 3.00. The number of nitrogens with one attached hydrogen (secondary N) is 2. The van der Waals surface area contributed by atoms with Crippen LogP contribution in [-0.4, -0.2) is 13.4 Å². The van der Waals surface area contributed by atoms with E-state index < -0.39 is 10.0 Å². The Kier molecular flexibility index (Phi) is 3.98. The molecule has 8 heteroatoms. The van der Waals surface area contributed by atoms with E-state index >= 15 is 0 Å². The molecule has 0 amide bonds. The van der Waals surface area contributed by atoms with Gasteiger partial charge in [0, 0.05) is 11.1 Å². The Hall–Kier alpha value is -1.64. The number of aromatic nitrogens is 1. The quantitative estimate of drug-likeness (QED) is 0.735. The number of aromatic amines is 1. The largest absolute Gasteiger partial charge is 0.398 e. The van der Waals surface area contributed by atoms with E-state index in [9.17, 15) is 13.2 Å². The second-order valence-electron chi connectivity index (χ2n) is 4.42. The molecule has 20 heavy (non-hydrogen) atoms. The number of sulfonamides is 1. The lowest BCUT2D eigenvalue weighted by molar-refractivity contribution is 0.580. The van der Waals surface area contributed by atoms with E-state index in [4.69, 9.17) is 5.73 Å². The zero-order chi connectivity index (χ0) is 14.9. The predicted molar refractivity (Wildman–Crippen MR) is 79.3 cm³/mol. The smallest absolute Gasteiger partial charge is 0.304 e. The maximum absolute atomic E-state index is 12.3. The highest BCUT2D eigenvalue weighted by Crippen LogP contribution is 2.25. The molecule has 0 atom stereocenters. The summed E-state index contributed by atoms with van der Waals surface area (Å²) in [5.41, 5.74) is 7.98. The molecule has 0 unspecified atom stereocenters. The number of hydrogen-bond donors (Lipinski definition) is 3. The Bertz CT molecular complexity index is 791. The van der Waals surface area contributed by atoms with Crippen LogP contribution in [0.3, 0.4) is 0 Å². The van der Waals surface area contributed by atoms with E-state index in [2.05, 4.69) is 9.71 Å². The number of nitrogen functional groups attached to an aromatic ring is 1. The molecule has 0 spiro atoms. The minimum atomic E-state index is -3.73. The highest BCUT2D eigenvalue weighted by atomic mass is 32.2. The van der Waals surface area contributed by atoms with Gasteiger partial charge in [0.25, 0.3) is 0 Å². The van der Waals surface area contributed by atoms with Gasteiger partial charge in [-0.25, -0.2) is 13.1 Å². The summed E-state index contributed by atoms with van der Waals surface area (Å²) in [4.78, 5) is 13.4. The average Bonchev–Trinajstić information content (AvgIpc) is 2.78. The van der Waals surface area contributed by atoms with Crippen LogP contribution in [0.5, 0.6) is 0 Å². The van der Waals surface area contributed by atoms with Crippen LogP contribution >= 0.6 is 11.3 Å². The highest BCUT2D eigenvalue weighted by molar-refractivity contribution is 7.89. The zero-order valence-electron chi connectivity index (χ0n) is 11.1. The molecule has 0 bridgehead atoms. The van der Waals surface area contributed by atoms with Crippen molar-refractivity contribution in [1.29, 1.82) is 0 Å². The van der Waals surface area contributed by atoms with E-state index in [-0.39, 0.29) is 22.0 Å². The number of aryl methyl sites for hydroxylation is 1. The highest BCUT2D eigenvalue weighted by Gasteiger charge is 2.21. The van der Waals surface area contributed by atoms with Gasteiger partial charge >= 0.3 is 4.87 Å². The Balaban J connectivity index is 2.31. The number of benzene rings is 1. The van der Waals surface area contributed by atoms with Gasteiger partial charge in [-0.2, -0.15) is 0 Å². The van der Waals surface area contributed by atoms with Gasteiger partial charge in [0.15, 0.2) is 0 Å². The van der Waals surface area contributed by atoms with Crippen molar-refractivity contribution in [2.24, 2.45) is 0 Å². The molecule has 4 N–H and O–H groups in total.